The van der Waals surface area contributed by atoms with Gasteiger partial charge in [-0.1, -0.05) is 36.4 Å². The third kappa shape index (κ3) is 2.32. The standard InChI is InChI=1S/C22H27N/c1-15-20(7-6-19-4-2-3-5-21(15)19)14-23-22-11-16-8-17(12-22)10-18(9-16)13-22/h2-7,16-18,23H,8-14H2,1H3. The van der Waals surface area contributed by atoms with Gasteiger partial charge in [-0.25, -0.2) is 0 Å². The Kier molecular flexibility index (Phi) is 3.10. The van der Waals surface area contributed by atoms with Gasteiger partial charge in [-0.05, 0) is 85.1 Å². The van der Waals surface area contributed by atoms with Crippen molar-refractivity contribution in [3.05, 3.63) is 47.5 Å². The molecule has 4 aliphatic rings. The van der Waals surface area contributed by atoms with Crippen LogP contribution in [0, 0.1) is 24.7 Å². The minimum atomic E-state index is 0.465. The Bertz CT molecular complexity index is 709. The first kappa shape index (κ1) is 14.0. The third-order valence-electron chi connectivity index (χ3n) is 7.00. The van der Waals surface area contributed by atoms with Crippen molar-refractivity contribution in [1.29, 1.82) is 0 Å². The van der Waals surface area contributed by atoms with E-state index in [0.29, 0.717) is 5.54 Å². The van der Waals surface area contributed by atoms with Gasteiger partial charge >= 0.3 is 0 Å². The zero-order valence-corrected chi connectivity index (χ0v) is 14.1. The molecular formula is C22H27N. The molecule has 2 aromatic rings. The van der Waals surface area contributed by atoms with Crippen LogP contribution >= 0.6 is 0 Å². The predicted molar refractivity (Wildman–Crippen MR) is 96.4 cm³/mol. The van der Waals surface area contributed by atoms with Crippen LogP contribution in [0.1, 0.15) is 49.7 Å². The van der Waals surface area contributed by atoms with Gasteiger partial charge in [0.05, 0.1) is 0 Å². The minimum Gasteiger partial charge on any atom is -0.307 e. The van der Waals surface area contributed by atoms with E-state index in [2.05, 4.69) is 48.6 Å². The second kappa shape index (κ2) is 5.08. The lowest BCUT2D eigenvalue weighted by molar-refractivity contribution is -0.0206. The van der Waals surface area contributed by atoms with E-state index in [0.717, 1.165) is 24.3 Å². The lowest BCUT2D eigenvalue weighted by atomic mass is 9.53. The van der Waals surface area contributed by atoms with Crippen molar-refractivity contribution < 1.29 is 0 Å². The molecule has 1 N–H and O–H groups in total. The van der Waals surface area contributed by atoms with Crippen LogP contribution in [0.3, 0.4) is 0 Å². The molecule has 0 spiro atoms. The van der Waals surface area contributed by atoms with E-state index in [1.807, 2.05) is 0 Å². The highest BCUT2D eigenvalue weighted by molar-refractivity contribution is 5.86. The molecule has 23 heavy (non-hydrogen) atoms. The summed E-state index contributed by atoms with van der Waals surface area (Å²) in [5.41, 5.74) is 3.41. The summed E-state index contributed by atoms with van der Waals surface area (Å²) in [5.74, 6) is 3.06. The fourth-order valence-electron chi connectivity index (χ4n) is 6.27. The van der Waals surface area contributed by atoms with Crippen molar-refractivity contribution in [3.8, 4) is 0 Å². The number of benzene rings is 2. The van der Waals surface area contributed by atoms with Crippen molar-refractivity contribution in [2.45, 2.75) is 57.5 Å². The summed E-state index contributed by atoms with van der Waals surface area (Å²) < 4.78 is 0. The van der Waals surface area contributed by atoms with Crippen molar-refractivity contribution >= 4 is 10.8 Å². The van der Waals surface area contributed by atoms with Crippen molar-refractivity contribution in [2.75, 3.05) is 0 Å². The maximum atomic E-state index is 4.05. The first-order valence-electron chi connectivity index (χ1n) is 9.43. The van der Waals surface area contributed by atoms with Crippen LogP contribution in [0.2, 0.25) is 0 Å². The van der Waals surface area contributed by atoms with Gasteiger partial charge in [0, 0.05) is 12.1 Å². The summed E-state index contributed by atoms with van der Waals surface area (Å²) in [6.07, 6.45) is 8.88. The number of hydrogen-bond donors (Lipinski definition) is 1. The SMILES string of the molecule is Cc1c(CNC23CC4CC(CC(C4)C2)C3)ccc2ccccc12. The van der Waals surface area contributed by atoms with Crippen molar-refractivity contribution in [2.24, 2.45) is 17.8 Å². The largest absolute Gasteiger partial charge is 0.307 e. The maximum absolute atomic E-state index is 4.05. The van der Waals surface area contributed by atoms with Crippen molar-refractivity contribution in [1.82, 2.24) is 5.32 Å². The Morgan fingerprint density at radius 3 is 2.26 bits per heavy atom. The van der Waals surface area contributed by atoms with Crippen LogP contribution in [0.4, 0.5) is 0 Å². The summed E-state index contributed by atoms with van der Waals surface area (Å²) in [6.45, 7) is 3.34. The number of rotatable bonds is 3. The molecule has 0 aliphatic heterocycles. The quantitative estimate of drug-likeness (QED) is 0.821. The van der Waals surface area contributed by atoms with E-state index in [4.69, 9.17) is 0 Å². The molecule has 4 fully saturated rings. The molecule has 0 heterocycles. The fourth-order valence-corrected chi connectivity index (χ4v) is 6.27. The molecule has 0 aromatic heterocycles. The highest BCUT2D eigenvalue weighted by atomic mass is 15.0. The Balaban J connectivity index is 1.39. The molecule has 4 bridgehead atoms. The molecule has 0 saturated heterocycles. The number of aryl methyl sites for hydroxylation is 1. The van der Waals surface area contributed by atoms with Gasteiger partial charge in [0.2, 0.25) is 0 Å². The Morgan fingerprint density at radius 1 is 0.913 bits per heavy atom. The zero-order valence-electron chi connectivity index (χ0n) is 14.1. The first-order chi connectivity index (χ1) is 11.2. The normalized spacial score (nSPS) is 35.1. The maximum Gasteiger partial charge on any atom is 0.0213 e. The number of fused-ring (bicyclic) bond motifs is 1. The molecule has 0 radical (unpaired) electrons. The van der Waals surface area contributed by atoms with E-state index >= 15 is 0 Å². The van der Waals surface area contributed by atoms with Gasteiger partial charge in [-0.3, -0.25) is 0 Å². The van der Waals surface area contributed by atoms with Gasteiger partial charge in [-0.15, -0.1) is 0 Å². The molecule has 4 aliphatic carbocycles. The lowest BCUT2D eigenvalue weighted by Crippen LogP contribution is -2.58. The lowest BCUT2D eigenvalue weighted by Gasteiger charge is -2.57. The Hall–Kier alpha value is -1.34. The van der Waals surface area contributed by atoms with Gasteiger partial charge in [0.1, 0.15) is 0 Å². The smallest absolute Gasteiger partial charge is 0.0213 e. The Morgan fingerprint density at radius 2 is 1.57 bits per heavy atom. The van der Waals surface area contributed by atoms with Crippen LogP contribution in [0.5, 0.6) is 0 Å². The topological polar surface area (TPSA) is 12.0 Å². The van der Waals surface area contributed by atoms with Crippen molar-refractivity contribution in [3.63, 3.8) is 0 Å². The molecule has 4 saturated carbocycles. The summed E-state index contributed by atoms with van der Waals surface area (Å²) in [4.78, 5) is 0. The monoisotopic (exact) mass is 305 g/mol. The van der Waals surface area contributed by atoms with Gasteiger partial charge < -0.3 is 5.32 Å². The molecule has 6 rings (SSSR count). The van der Waals surface area contributed by atoms with Crippen LogP contribution in [-0.4, -0.2) is 5.54 Å². The number of hydrogen-bond acceptors (Lipinski definition) is 1. The van der Waals surface area contributed by atoms with Gasteiger partial charge in [0.15, 0.2) is 0 Å². The average molecular weight is 305 g/mol. The second-order valence-corrected chi connectivity index (χ2v) is 8.62. The van der Waals surface area contributed by atoms with Crippen LogP contribution < -0.4 is 5.32 Å². The third-order valence-corrected chi connectivity index (χ3v) is 7.00. The van der Waals surface area contributed by atoms with E-state index in [9.17, 15) is 0 Å². The molecule has 2 aromatic carbocycles. The molecular weight excluding hydrogens is 278 g/mol. The summed E-state index contributed by atoms with van der Waals surface area (Å²) in [7, 11) is 0. The first-order valence-corrected chi connectivity index (χ1v) is 9.43. The zero-order chi connectivity index (χ0) is 15.4. The minimum absolute atomic E-state index is 0.465. The van der Waals surface area contributed by atoms with Gasteiger partial charge in [0.25, 0.3) is 0 Å². The molecule has 0 amide bonds. The van der Waals surface area contributed by atoms with Crippen LogP contribution in [0.25, 0.3) is 10.8 Å². The summed E-state index contributed by atoms with van der Waals surface area (Å²) in [6, 6.07) is 13.4. The highest BCUT2D eigenvalue weighted by Crippen LogP contribution is 2.55. The average Bonchev–Trinajstić information content (AvgIpc) is 2.53. The molecule has 1 nitrogen and oxygen atoms in total. The second-order valence-electron chi connectivity index (χ2n) is 8.62. The van der Waals surface area contributed by atoms with Gasteiger partial charge in [-0.2, -0.15) is 0 Å². The van der Waals surface area contributed by atoms with Crippen LogP contribution in [-0.2, 0) is 6.54 Å². The molecule has 120 valence electrons. The molecule has 0 unspecified atom stereocenters. The van der Waals surface area contributed by atoms with E-state index in [1.54, 1.807) is 0 Å². The molecule has 0 atom stereocenters. The summed E-state index contributed by atoms with van der Waals surface area (Å²) in [5, 5.41) is 6.83. The van der Waals surface area contributed by atoms with E-state index in [-0.39, 0.29) is 0 Å². The van der Waals surface area contributed by atoms with E-state index < -0.39 is 0 Å². The summed E-state index contributed by atoms with van der Waals surface area (Å²) >= 11 is 0. The Labute approximate surface area is 139 Å². The molecule has 1 heteroatoms. The van der Waals surface area contributed by atoms with Crippen LogP contribution in [0.15, 0.2) is 36.4 Å². The highest BCUT2D eigenvalue weighted by Gasteiger charge is 2.50. The predicted octanol–water partition coefficient (Wildman–Crippen LogP) is 5.21. The fraction of sp³-hybridized carbons (Fsp3) is 0.545. The number of nitrogens with one attached hydrogen (secondary N) is 1. The van der Waals surface area contributed by atoms with E-state index in [1.165, 1.54) is 60.4 Å².